The van der Waals surface area contributed by atoms with Crippen LogP contribution in [0.15, 0.2) is 43.7 Å². The van der Waals surface area contributed by atoms with Crippen molar-refractivity contribution in [2.24, 2.45) is 15.9 Å². The SMILES string of the molecule is COC(=O)C(C)C1=N/C(=C\c2[nH]c(Cc3[nH]c(/C=C4\N=CC(C)=C4C)c(C)c3C)c(C)c2C)C(C)=C1C.O=C(O)C(F)(F)F.O=C(O)C(F)(F)F. The maximum atomic E-state index is 12.1. The smallest absolute Gasteiger partial charge is 0.475 e. The first-order chi connectivity index (χ1) is 23.3. The fourth-order valence-electron chi connectivity index (χ4n) is 4.89. The van der Waals surface area contributed by atoms with Gasteiger partial charge in [0.1, 0.15) is 0 Å². The first kappa shape index (κ1) is 42.0. The van der Waals surface area contributed by atoms with Crippen molar-refractivity contribution < 1.29 is 55.7 Å². The molecule has 1 unspecified atom stereocenters. The molecule has 0 fully saturated rings. The predicted octanol–water partition coefficient (Wildman–Crippen LogP) is 8.14. The number of aromatic nitrogens is 2. The van der Waals surface area contributed by atoms with Crippen molar-refractivity contribution in [1.29, 1.82) is 0 Å². The maximum Gasteiger partial charge on any atom is 0.490 e. The molecule has 4 heterocycles. The summed E-state index contributed by atoms with van der Waals surface area (Å²) in [4.78, 5) is 46.6. The van der Waals surface area contributed by atoms with E-state index in [1.807, 2.05) is 20.1 Å². The Labute approximate surface area is 290 Å². The summed E-state index contributed by atoms with van der Waals surface area (Å²) in [6, 6.07) is 0. The number of rotatable bonds is 6. The van der Waals surface area contributed by atoms with Gasteiger partial charge in [0, 0.05) is 35.4 Å². The molecular formula is C35H40F6N4O6. The Hall–Kier alpha value is -5.15. The van der Waals surface area contributed by atoms with Crippen LogP contribution in [0, 0.1) is 33.6 Å². The molecular weight excluding hydrogens is 686 g/mol. The van der Waals surface area contributed by atoms with Gasteiger partial charge in [-0.25, -0.2) is 9.59 Å². The molecule has 1 atom stereocenters. The van der Waals surface area contributed by atoms with Crippen LogP contribution in [0.4, 0.5) is 26.3 Å². The van der Waals surface area contributed by atoms with Gasteiger partial charge in [-0.2, -0.15) is 26.3 Å². The second-order valence-corrected chi connectivity index (χ2v) is 11.9. The van der Waals surface area contributed by atoms with Crippen LogP contribution in [0.25, 0.3) is 12.2 Å². The van der Waals surface area contributed by atoms with Gasteiger partial charge in [0.25, 0.3) is 0 Å². The van der Waals surface area contributed by atoms with E-state index < -0.39 is 30.2 Å². The molecule has 4 rings (SSSR count). The Kier molecular flexibility index (Phi) is 13.4. The van der Waals surface area contributed by atoms with E-state index in [0.717, 1.165) is 46.1 Å². The molecule has 0 saturated heterocycles. The van der Waals surface area contributed by atoms with Gasteiger partial charge in [-0.15, -0.1) is 0 Å². The number of methoxy groups -OCH3 is 1. The summed E-state index contributed by atoms with van der Waals surface area (Å²) in [7, 11) is 1.42. The average molecular weight is 727 g/mol. The number of allylic oxidation sites excluding steroid dienone is 4. The molecule has 0 aliphatic carbocycles. The maximum absolute atomic E-state index is 12.1. The normalized spacial score (nSPS) is 16.6. The van der Waals surface area contributed by atoms with Gasteiger partial charge in [-0.05, 0) is 119 Å². The number of H-pyrrole nitrogens is 2. The Bertz CT molecular complexity index is 1870. The number of halogens is 6. The van der Waals surface area contributed by atoms with Crippen LogP contribution in [0.3, 0.4) is 0 Å². The van der Waals surface area contributed by atoms with Crippen LogP contribution in [-0.4, -0.2) is 69.5 Å². The summed E-state index contributed by atoms with van der Waals surface area (Å²) in [5.41, 5.74) is 16.8. The van der Waals surface area contributed by atoms with E-state index in [9.17, 15) is 31.1 Å². The second-order valence-electron chi connectivity index (χ2n) is 11.9. The third-order valence-electron chi connectivity index (χ3n) is 8.72. The minimum atomic E-state index is -5.08. The van der Waals surface area contributed by atoms with E-state index in [2.05, 4.69) is 75.6 Å². The molecule has 2 aliphatic rings. The minimum absolute atomic E-state index is 0.269. The number of esters is 1. The molecule has 2 aromatic heterocycles. The highest BCUT2D eigenvalue weighted by molar-refractivity contribution is 6.14. The number of carboxylic acids is 2. The molecule has 0 bridgehead atoms. The molecule has 278 valence electrons. The number of carbonyl (C=O) groups excluding carboxylic acids is 1. The third kappa shape index (κ3) is 10.2. The lowest BCUT2D eigenvalue weighted by Crippen LogP contribution is -2.22. The Morgan fingerprint density at radius 3 is 1.51 bits per heavy atom. The summed E-state index contributed by atoms with van der Waals surface area (Å²) in [6.45, 7) is 18.8. The number of aliphatic carboxylic acids is 2. The molecule has 0 radical (unpaired) electrons. The lowest BCUT2D eigenvalue weighted by Gasteiger charge is -2.09. The lowest BCUT2D eigenvalue weighted by atomic mass is 9.98. The molecule has 0 amide bonds. The first-order valence-corrected chi connectivity index (χ1v) is 15.3. The van der Waals surface area contributed by atoms with E-state index >= 15 is 0 Å². The van der Waals surface area contributed by atoms with Gasteiger partial charge in [-0.3, -0.25) is 14.8 Å². The van der Waals surface area contributed by atoms with E-state index in [-0.39, 0.29) is 5.97 Å². The Balaban J connectivity index is 0.000000543. The van der Waals surface area contributed by atoms with Crippen LogP contribution in [0.2, 0.25) is 0 Å². The number of alkyl halides is 6. The van der Waals surface area contributed by atoms with Crippen molar-refractivity contribution in [3.63, 3.8) is 0 Å². The molecule has 0 saturated carbocycles. The number of hydrogen-bond donors (Lipinski definition) is 4. The van der Waals surface area contributed by atoms with Crippen LogP contribution in [0.1, 0.15) is 79.6 Å². The highest BCUT2D eigenvalue weighted by atomic mass is 19.4. The average Bonchev–Trinajstić information content (AvgIpc) is 3.69. The fourth-order valence-corrected chi connectivity index (χ4v) is 4.89. The molecule has 0 aromatic carbocycles. The molecule has 4 N–H and O–H groups in total. The zero-order chi connectivity index (χ0) is 39.3. The molecule has 16 heteroatoms. The highest BCUT2D eigenvalue weighted by Gasteiger charge is 2.39. The molecule has 2 aliphatic heterocycles. The van der Waals surface area contributed by atoms with Crippen molar-refractivity contribution >= 4 is 42.0 Å². The number of nitrogens with one attached hydrogen (secondary N) is 2. The quantitative estimate of drug-likeness (QED) is 0.174. The summed E-state index contributed by atoms with van der Waals surface area (Å²) in [5, 5.41) is 14.2. The number of carboxylic acid groups (broad SMARTS) is 2. The van der Waals surface area contributed by atoms with Crippen molar-refractivity contribution in [3.05, 3.63) is 78.7 Å². The molecule has 10 nitrogen and oxygen atoms in total. The topological polar surface area (TPSA) is 157 Å². The van der Waals surface area contributed by atoms with Crippen LogP contribution in [0.5, 0.6) is 0 Å². The van der Waals surface area contributed by atoms with Crippen molar-refractivity contribution in [2.45, 2.75) is 81.1 Å². The van der Waals surface area contributed by atoms with Gasteiger partial charge >= 0.3 is 30.3 Å². The second kappa shape index (κ2) is 16.2. The molecule has 51 heavy (non-hydrogen) atoms. The number of nitrogens with zero attached hydrogens (tertiary/aromatic N) is 2. The Morgan fingerprint density at radius 1 is 0.745 bits per heavy atom. The number of carbonyl (C=O) groups is 3. The van der Waals surface area contributed by atoms with Gasteiger partial charge in [-0.1, -0.05) is 0 Å². The summed E-state index contributed by atoms with van der Waals surface area (Å²) in [5.74, 6) is -6.18. The van der Waals surface area contributed by atoms with Crippen molar-refractivity contribution in [3.8, 4) is 0 Å². The molecule has 0 spiro atoms. The largest absolute Gasteiger partial charge is 0.490 e. The minimum Gasteiger partial charge on any atom is -0.475 e. The number of aromatic amines is 2. The predicted molar refractivity (Wildman–Crippen MR) is 181 cm³/mol. The lowest BCUT2D eigenvalue weighted by molar-refractivity contribution is -0.193. The van der Waals surface area contributed by atoms with Gasteiger partial charge < -0.3 is 24.9 Å². The number of ether oxygens (including phenoxy) is 1. The van der Waals surface area contributed by atoms with Gasteiger partial charge in [0.15, 0.2) is 0 Å². The third-order valence-corrected chi connectivity index (χ3v) is 8.72. The Morgan fingerprint density at radius 2 is 1.16 bits per heavy atom. The fraction of sp³-hybridized carbons (Fsp3) is 0.400. The van der Waals surface area contributed by atoms with E-state index in [1.165, 1.54) is 51.9 Å². The van der Waals surface area contributed by atoms with Gasteiger partial charge in [0.05, 0.1) is 30.1 Å². The van der Waals surface area contributed by atoms with E-state index in [0.29, 0.717) is 0 Å². The van der Waals surface area contributed by atoms with Crippen LogP contribution < -0.4 is 0 Å². The monoisotopic (exact) mass is 726 g/mol. The van der Waals surface area contributed by atoms with Crippen molar-refractivity contribution in [2.75, 3.05) is 7.11 Å². The van der Waals surface area contributed by atoms with Crippen molar-refractivity contribution in [1.82, 2.24) is 9.97 Å². The summed E-state index contributed by atoms with van der Waals surface area (Å²) < 4.78 is 68.4. The zero-order valence-corrected chi connectivity index (χ0v) is 29.7. The summed E-state index contributed by atoms with van der Waals surface area (Å²) in [6.07, 6.45) is -3.20. The van der Waals surface area contributed by atoms with Crippen LogP contribution >= 0.6 is 0 Å². The van der Waals surface area contributed by atoms with Crippen LogP contribution in [-0.2, 0) is 25.5 Å². The number of aliphatic imine (C=N–C) groups is 2. The molecule has 2 aromatic rings. The highest BCUT2D eigenvalue weighted by Crippen LogP contribution is 2.32. The zero-order valence-electron chi connectivity index (χ0n) is 29.7. The summed E-state index contributed by atoms with van der Waals surface area (Å²) >= 11 is 0. The van der Waals surface area contributed by atoms with Gasteiger partial charge in [0.2, 0.25) is 0 Å². The number of hydrogen-bond acceptors (Lipinski definition) is 6. The standard InChI is InChI=1S/C31H38N4O2.2C2HF3O2/c1-15-14-32-24(16(15)2)11-25-17(3)18(4)26(33-25)12-27-19(5)20(6)28(34-27)13-29-21(7)22(8)30(35-29)23(9)31(36)37-10;2*3-2(4,5)1(6)7/h11,13-14,23,33-34H,12H2,1-10H3;2*(H,6,7)/b24-11-,29-13-;;. The van der Waals surface area contributed by atoms with E-state index in [4.69, 9.17) is 29.5 Å². The van der Waals surface area contributed by atoms with E-state index in [1.54, 1.807) is 0 Å². The first-order valence-electron chi connectivity index (χ1n) is 15.3.